The number of aliphatic carboxylic acids is 1. The average molecular weight is 264 g/mol. The van der Waals surface area contributed by atoms with E-state index in [1.807, 2.05) is 4.90 Å². The molecule has 1 aromatic rings. The molecule has 5 nitrogen and oxygen atoms in total. The minimum Gasteiger partial charge on any atom is -0.480 e. The molecule has 19 heavy (non-hydrogen) atoms. The first-order chi connectivity index (χ1) is 9.00. The van der Waals surface area contributed by atoms with Gasteiger partial charge in [-0.3, -0.25) is 9.59 Å². The highest BCUT2D eigenvalue weighted by Gasteiger charge is 2.30. The molecule has 0 spiro atoms. The predicted octanol–water partition coefficient (Wildman–Crippen LogP) is 1.83. The van der Waals surface area contributed by atoms with E-state index >= 15 is 0 Å². The molecule has 1 saturated heterocycles. The van der Waals surface area contributed by atoms with Gasteiger partial charge in [-0.25, -0.2) is 0 Å². The number of nitrogens with zero attached hydrogens (tertiary/aromatic N) is 2. The lowest BCUT2D eigenvalue weighted by molar-refractivity contribution is -0.137. The van der Waals surface area contributed by atoms with Gasteiger partial charge in [0.2, 0.25) is 0 Å². The number of carbonyl (C=O) groups excluding carboxylic acids is 1. The van der Waals surface area contributed by atoms with Gasteiger partial charge < -0.3 is 14.6 Å². The number of likely N-dealkylation sites (tertiary alicyclic amines) is 1. The fraction of sp³-hybridized carbons (Fsp3) is 0.571. The lowest BCUT2D eigenvalue weighted by Gasteiger charge is -2.38. The fourth-order valence-corrected chi connectivity index (χ4v) is 2.66. The summed E-state index contributed by atoms with van der Waals surface area (Å²) >= 11 is 0. The van der Waals surface area contributed by atoms with E-state index in [9.17, 15) is 9.59 Å². The fourth-order valence-electron chi connectivity index (χ4n) is 2.66. The smallest absolute Gasteiger partial charge is 0.323 e. The molecule has 2 rings (SSSR count). The highest BCUT2D eigenvalue weighted by Crippen LogP contribution is 2.24. The maximum absolute atomic E-state index is 12.5. The minimum atomic E-state index is -0.940. The average Bonchev–Trinajstić information content (AvgIpc) is 2.79. The van der Waals surface area contributed by atoms with Crippen molar-refractivity contribution in [2.75, 3.05) is 6.54 Å². The maximum Gasteiger partial charge on any atom is 0.323 e. The van der Waals surface area contributed by atoms with Crippen molar-refractivity contribution in [2.45, 2.75) is 39.3 Å². The number of carbonyl (C=O) groups is 2. The summed E-state index contributed by atoms with van der Waals surface area (Å²) in [5.74, 6) is -0.517. The Morgan fingerprint density at radius 2 is 2.16 bits per heavy atom. The zero-order valence-corrected chi connectivity index (χ0v) is 11.4. The van der Waals surface area contributed by atoms with Crippen molar-refractivity contribution in [1.29, 1.82) is 0 Å². The van der Waals surface area contributed by atoms with E-state index in [-0.39, 0.29) is 18.5 Å². The zero-order chi connectivity index (χ0) is 14.0. The van der Waals surface area contributed by atoms with Gasteiger partial charge in [0.1, 0.15) is 12.2 Å². The first-order valence-corrected chi connectivity index (χ1v) is 6.68. The summed E-state index contributed by atoms with van der Waals surface area (Å²) in [5, 5.41) is 8.85. The Kier molecular flexibility index (Phi) is 3.93. The van der Waals surface area contributed by atoms with Gasteiger partial charge in [0.05, 0.1) is 0 Å². The van der Waals surface area contributed by atoms with Gasteiger partial charge in [-0.15, -0.1) is 0 Å². The second-order valence-corrected chi connectivity index (χ2v) is 5.27. The summed E-state index contributed by atoms with van der Waals surface area (Å²) in [4.78, 5) is 25.2. The monoisotopic (exact) mass is 264 g/mol. The minimum absolute atomic E-state index is 0.0645. The first kappa shape index (κ1) is 13.6. The van der Waals surface area contributed by atoms with Gasteiger partial charge in [-0.1, -0.05) is 6.92 Å². The van der Waals surface area contributed by atoms with Crippen LogP contribution in [0.25, 0.3) is 0 Å². The van der Waals surface area contributed by atoms with Crippen molar-refractivity contribution in [3.63, 3.8) is 0 Å². The van der Waals surface area contributed by atoms with Crippen LogP contribution in [0, 0.1) is 5.92 Å². The Labute approximate surface area is 112 Å². The summed E-state index contributed by atoms with van der Waals surface area (Å²) in [6.07, 6.45) is 3.79. The Morgan fingerprint density at radius 1 is 1.42 bits per heavy atom. The molecule has 0 aliphatic carbocycles. The van der Waals surface area contributed by atoms with Gasteiger partial charge in [0, 0.05) is 18.8 Å². The van der Waals surface area contributed by atoms with Crippen LogP contribution < -0.4 is 0 Å². The molecular weight excluding hydrogens is 244 g/mol. The number of carboxylic acids is 1. The van der Waals surface area contributed by atoms with Gasteiger partial charge in [0.25, 0.3) is 5.91 Å². The molecule has 2 heterocycles. The number of carboxylic acid groups (broad SMARTS) is 1. The number of rotatable bonds is 3. The molecule has 104 valence electrons. The highest BCUT2D eigenvalue weighted by molar-refractivity contribution is 5.93. The molecule has 2 atom stereocenters. The van der Waals surface area contributed by atoms with E-state index in [0.29, 0.717) is 11.6 Å². The van der Waals surface area contributed by atoms with Crippen LogP contribution in [0.15, 0.2) is 18.3 Å². The molecule has 1 aliphatic rings. The zero-order valence-electron chi connectivity index (χ0n) is 11.4. The van der Waals surface area contributed by atoms with E-state index < -0.39 is 5.97 Å². The lowest BCUT2D eigenvalue weighted by Crippen LogP contribution is -2.46. The summed E-state index contributed by atoms with van der Waals surface area (Å²) in [6, 6.07) is 3.61. The van der Waals surface area contributed by atoms with Crippen molar-refractivity contribution in [3.8, 4) is 0 Å². The van der Waals surface area contributed by atoms with Crippen molar-refractivity contribution in [1.82, 2.24) is 9.47 Å². The predicted molar refractivity (Wildman–Crippen MR) is 71.0 cm³/mol. The number of amides is 1. The largest absolute Gasteiger partial charge is 0.480 e. The number of hydrogen-bond acceptors (Lipinski definition) is 2. The summed E-state index contributed by atoms with van der Waals surface area (Å²) in [5.41, 5.74) is 0.461. The van der Waals surface area contributed by atoms with Crippen LogP contribution in [0.3, 0.4) is 0 Å². The number of aromatic nitrogens is 1. The maximum atomic E-state index is 12.5. The van der Waals surface area contributed by atoms with Crippen molar-refractivity contribution in [3.05, 3.63) is 24.0 Å². The molecule has 2 unspecified atom stereocenters. The standard InChI is InChI=1S/C14H20N2O3/c1-10-5-3-8-16(11(10)2)14(19)12-6-4-7-15(12)9-13(17)18/h4,6-7,10-11H,3,5,8-9H2,1-2H3,(H,17,18). The molecular formula is C14H20N2O3. The Bertz CT molecular complexity index is 481. The van der Waals surface area contributed by atoms with Gasteiger partial charge >= 0.3 is 5.97 Å². The third-order valence-corrected chi connectivity index (χ3v) is 3.99. The third kappa shape index (κ3) is 2.80. The third-order valence-electron chi connectivity index (χ3n) is 3.99. The van der Waals surface area contributed by atoms with E-state index in [4.69, 9.17) is 5.11 Å². The Hall–Kier alpha value is -1.78. The summed E-state index contributed by atoms with van der Waals surface area (Å²) in [7, 11) is 0. The molecule has 0 saturated carbocycles. The number of hydrogen-bond donors (Lipinski definition) is 1. The Morgan fingerprint density at radius 3 is 2.84 bits per heavy atom. The van der Waals surface area contributed by atoms with Crippen molar-refractivity contribution < 1.29 is 14.7 Å². The second-order valence-electron chi connectivity index (χ2n) is 5.27. The molecule has 1 fully saturated rings. The molecule has 0 bridgehead atoms. The van der Waals surface area contributed by atoms with Crippen LogP contribution in [0.2, 0.25) is 0 Å². The SMILES string of the molecule is CC1CCCN(C(=O)c2cccn2CC(=O)O)C1C. The molecule has 5 heteroatoms. The van der Waals surface area contributed by atoms with Crippen LogP contribution in [0.1, 0.15) is 37.2 Å². The van der Waals surface area contributed by atoms with Crippen LogP contribution in [0.4, 0.5) is 0 Å². The molecule has 1 aliphatic heterocycles. The molecule has 1 N–H and O–H groups in total. The van der Waals surface area contributed by atoms with Crippen molar-refractivity contribution >= 4 is 11.9 Å². The van der Waals surface area contributed by atoms with Gasteiger partial charge in [-0.05, 0) is 37.8 Å². The van der Waals surface area contributed by atoms with E-state index in [1.54, 1.807) is 18.3 Å². The lowest BCUT2D eigenvalue weighted by atomic mass is 9.92. The van der Waals surface area contributed by atoms with Crippen LogP contribution in [-0.4, -0.2) is 39.0 Å². The molecule has 0 aromatic carbocycles. The van der Waals surface area contributed by atoms with Gasteiger partial charge in [-0.2, -0.15) is 0 Å². The molecule has 1 amide bonds. The van der Waals surface area contributed by atoms with E-state index in [2.05, 4.69) is 13.8 Å². The van der Waals surface area contributed by atoms with E-state index in [1.165, 1.54) is 4.57 Å². The quantitative estimate of drug-likeness (QED) is 0.906. The number of piperidine rings is 1. The van der Waals surface area contributed by atoms with Crippen LogP contribution >= 0.6 is 0 Å². The summed E-state index contributed by atoms with van der Waals surface area (Å²) in [6.45, 7) is 4.79. The van der Waals surface area contributed by atoms with Gasteiger partial charge in [0.15, 0.2) is 0 Å². The highest BCUT2D eigenvalue weighted by atomic mass is 16.4. The molecule has 0 radical (unpaired) electrons. The van der Waals surface area contributed by atoms with Crippen LogP contribution in [-0.2, 0) is 11.3 Å². The first-order valence-electron chi connectivity index (χ1n) is 6.68. The topological polar surface area (TPSA) is 62.5 Å². The second kappa shape index (κ2) is 5.47. The van der Waals surface area contributed by atoms with Crippen molar-refractivity contribution in [2.24, 2.45) is 5.92 Å². The summed E-state index contributed by atoms with van der Waals surface area (Å²) < 4.78 is 1.50. The van der Waals surface area contributed by atoms with E-state index in [0.717, 1.165) is 19.4 Å². The Balaban J connectivity index is 2.19. The normalized spacial score (nSPS) is 23.4. The molecule has 1 aromatic heterocycles. The van der Waals surface area contributed by atoms with Crippen LogP contribution in [0.5, 0.6) is 0 Å².